The van der Waals surface area contributed by atoms with Crippen molar-refractivity contribution in [3.05, 3.63) is 71.2 Å². The van der Waals surface area contributed by atoms with E-state index in [0.717, 1.165) is 53.3 Å². The van der Waals surface area contributed by atoms with Crippen molar-refractivity contribution in [1.29, 1.82) is 0 Å². The maximum Gasteiger partial charge on any atom is 0.253 e. The SMILES string of the molecule is CCN(CC)c1ccc(C=Cc2cc(-c3cc4c([nH]3)CCNC4=O)ccn2)cc1. The minimum absolute atomic E-state index is 0.00363. The highest BCUT2D eigenvalue weighted by molar-refractivity contribution is 5.97. The Labute approximate surface area is 171 Å². The van der Waals surface area contributed by atoms with Gasteiger partial charge in [-0.1, -0.05) is 18.2 Å². The summed E-state index contributed by atoms with van der Waals surface area (Å²) in [5.41, 5.74) is 6.99. The smallest absolute Gasteiger partial charge is 0.253 e. The molecule has 148 valence electrons. The summed E-state index contributed by atoms with van der Waals surface area (Å²) in [4.78, 5) is 22.2. The van der Waals surface area contributed by atoms with Crippen LogP contribution in [0.5, 0.6) is 0 Å². The lowest BCUT2D eigenvalue weighted by molar-refractivity contribution is 0.0946. The summed E-state index contributed by atoms with van der Waals surface area (Å²) in [6, 6.07) is 14.5. The summed E-state index contributed by atoms with van der Waals surface area (Å²) in [6.07, 6.45) is 6.73. The number of aromatic nitrogens is 2. The highest BCUT2D eigenvalue weighted by Crippen LogP contribution is 2.25. The summed E-state index contributed by atoms with van der Waals surface area (Å²) in [5, 5.41) is 2.89. The lowest BCUT2D eigenvalue weighted by Gasteiger charge is -2.20. The number of pyridine rings is 1. The molecule has 0 atom stereocenters. The normalized spacial score (nSPS) is 13.4. The van der Waals surface area contributed by atoms with Gasteiger partial charge in [0.2, 0.25) is 0 Å². The van der Waals surface area contributed by atoms with Gasteiger partial charge in [0.25, 0.3) is 5.91 Å². The van der Waals surface area contributed by atoms with Gasteiger partial charge in [-0.25, -0.2) is 0 Å². The van der Waals surface area contributed by atoms with Gasteiger partial charge >= 0.3 is 0 Å². The van der Waals surface area contributed by atoms with Gasteiger partial charge in [-0.15, -0.1) is 0 Å². The second kappa shape index (κ2) is 8.35. The maximum absolute atomic E-state index is 12.0. The topological polar surface area (TPSA) is 61.0 Å². The molecule has 3 heterocycles. The zero-order valence-electron chi connectivity index (χ0n) is 16.9. The number of carbonyl (C=O) groups is 1. The van der Waals surface area contributed by atoms with Gasteiger partial charge in [-0.3, -0.25) is 9.78 Å². The van der Waals surface area contributed by atoms with E-state index in [0.29, 0.717) is 6.54 Å². The Bertz CT molecular complexity index is 1030. The van der Waals surface area contributed by atoms with E-state index in [1.165, 1.54) is 5.69 Å². The van der Waals surface area contributed by atoms with Gasteiger partial charge in [0.15, 0.2) is 0 Å². The van der Waals surface area contributed by atoms with E-state index in [4.69, 9.17) is 0 Å². The fraction of sp³-hybridized carbons (Fsp3) is 0.250. The van der Waals surface area contributed by atoms with Gasteiger partial charge in [0, 0.05) is 54.9 Å². The van der Waals surface area contributed by atoms with Crippen LogP contribution in [0.2, 0.25) is 0 Å². The summed E-state index contributed by atoms with van der Waals surface area (Å²) < 4.78 is 0. The lowest BCUT2D eigenvalue weighted by Crippen LogP contribution is -2.31. The van der Waals surface area contributed by atoms with Gasteiger partial charge in [-0.2, -0.15) is 0 Å². The Morgan fingerprint density at radius 1 is 1.07 bits per heavy atom. The van der Waals surface area contributed by atoms with Crippen molar-refractivity contribution < 1.29 is 4.79 Å². The molecular formula is C24H26N4O. The van der Waals surface area contributed by atoms with Gasteiger partial charge < -0.3 is 15.2 Å². The van der Waals surface area contributed by atoms with Crippen LogP contribution in [-0.4, -0.2) is 35.5 Å². The van der Waals surface area contributed by atoms with E-state index in [9.17, 15) is 4.79 Å². The molecule has 0 saturated heterocycles. The number of hydrogen-bond acceptors (Lipinski definition) is 3. The van der Waals surface area contributed by atoms with Crippen molar-refractivity contribution in [2.75, 3.05) is 24.5 Å². The molecule has 1 aromatic carbocycles. The standard InChI is InChI=1S/C24H26N4O/c1-3-28(4-2)20-9-6-17(7-10-20)5-8-19-15-18(11-13-25-19)23-16-21-22(27-23)12-14-26-24(21)29/h5-11,13,15-16,27H,3-4,12,14H2,1-2H3,(H,26,29). The van der Waals surface area contributed by atoms with E-state index in [1.807, 2.05) is 24.3 Å². The van der Waals surface area contributed by atoms with Crippen LogP contribution in [0.15, 0.2) is 48.7 Å². The number of benzene rings is 1. The number of fused-ring (bicyclic) bond motifs is 1. The predicted molar refractivity (Wildman–Crippen MR) is 119 cm³/mol. The lowest BCUT2D eigenvalue weighted by atomic mass is 10.1. The molecule has 0 aliphatic carbocycles. The Morgan fingerprint density at radius 3 is 2.59 bits per heavy atom. The number of amides is 1. The molecule has 0 spiro atoms. The third-order valence-corrected chi connectivity index (χ3v) is 5.36. The van der Waals surface area contributed by atoms with Crippen LogP contribution in [0.4, 0.5) is 5.69 Å². The number of hydrogen-bond donors (Lipinski definition) is 2. The van der Waals surface area contributed by atoms with Gasteiger partial charge in [0.1, 0.15) is 0 Å². The van der Waals surface area contributed by atoms with Crippen LogP contribution >= 0.6 is 0 Å². The number of H-pyrrole nitrogens is 1. The minimum Gasteiger partial charge on any atom is -0.372 e. The molecule has 0 fully saturated rings. The van der Waals surface area contributed by atoms with E-state index in [2.05, 4.69) is 64.4 Å². The molecule has 2 aromatic heterocycles. The molecule has 3 aromatic rings. The van der Waals surface area contributed by atoms with E-state index in [1.54, 1.807) is 6.20 Å². The van der Waals surface area contributed by atoms with Crippen molar-refractivity contribution >= 4 is 23.7 Å². The van der Waals surface area contributed by atoms with Crippen molar-refractivity contribution in [1.82, 2.24) is 15.3 Å². The minimum atomic E-state index is -0.00363. The number of rotatable bonds is 6. The van der Waals surface area contributed by atoms with E-state index < -0.39 is 0 Å². The first kappa shape index (κ1) is 19.0. The number of nitrogens with one attached hydrogen (secondary N) is 2. The Balaban J connectivity index is 1.53. The molecule has 29 heavy (non-hydrogen) atoms. The van der Waals surface area contributed by atoms with Crippen molar-refractivity contribution in [2.45, 2.75) is 20.3 Å². The van der Waals surface area contributed by atoms with Crippen LogP contribution in [0.25, 0.3) is 23.4 Å². The third-order valence-electron chi connectivity index (χ3n) is 5.36. The molecule has 5 nitrogen and oxygen atoms in total. The Hall–Kier alpha value is -3.34. The molecule has 1 amide bonds. The summed E-state index contributed by atoms with van der Waals surface area (Å²) >= 11 is 0. The molecule has 2 N–H and O–H groups in total. The fourth-order valence-corrected chi connectivity index (χ4v) is 3.72. The largest absolute Gasteiger partial charge is 0.372 e. The highest BCUT2D eigenvalue weighted by atomic mass is 16.1. The second-order valence-electron chi connectivity index (χ2n) is 7.15. The van der Waals surface area contributed by atoms with E-state index in [-0.39, 0.29) is 5.91 Å². The zero-order valence-corrected chi connectivity index (χ0v) is 16.9. The molecular weight excluding hydrogens is 360 g/mol. The van der Waals surface area contributed by atoms with Crippen molar-refractivity contribution in [2.24, 2.45) is 0 Å². The fourth-order valence-electron chi connectivity index (χ4n) is 3.72. The average molecular weight is 386 g/mol. The van der Waals surface area contributed by atoms with Crippen LogP contribution in [-0.2, 0) is 6.42 Å². The first-order valence-electron chi connectivity index (χ1n) is 10.2. The molecule has 0 radical (unpaired) electrons. The number of carbonyl (C=O) groups excluding carboxylic acids is 1. The average Bonchev–Trinajstić information content (AvgIpc) is 3.20. The Morgan fingerprint density at radius 2 is 1.86 bits per heavy atom. The summed E-state index contributed by atoms with van der Waals surface area (Å²) in [7, 11) is 0. The molecule has 1 aliphatic heterocycles. The monoisotopic (exact) mass is 386 g/mol. The Kier molecular flexibility index (Phi) is 5.47. The molecule has 0 saturated carbocycles. The predicted octanol–water partition coefficient (Wildman–Crippen LogP) is 4.38. The summed E-state index contributed by atoms with van der Waals surface area (Å²) in [5.74, 6) is -0.00363. The first-order chi connectivity index (χ1) is 14.2. The highest BCUT2D eigenvalue weighted by Gasteiger charge is 2.19. The zero-order chi connectivity index (χ0) is 20.2. The number of anilines is 1. The van der Waals surface area contributed by atoms with Crippen LogP contribution in [0, 0.1) is 0 Å². The summed E-state index contributed by atoms with van der Waals surface area (Å²) in [6.45, 7) is 7.04. The van der Waals surface area contributed by atoms with Crippen LogP contribution < -0.4 is 10.2 Å². The van der Waals surface area contributed by atoms with Crippen LogP contribution in [0.1, 0.15) is 41.2 Å². The molecule has 1 aliphatic rings. The van der Waals surface area contributed by atoms with Crippen molar-refractivity contribution in [3.63, 3.8) is 0 Å². The van der Waals surface area contributed by atoms with Gasteiger partial charge in [-0.05, 0) is 55.8 Å². The molecule has 0 bridgehead atoms. The maximum atomic E-state index is 12.0. The number of aromatic amines is 1. The quantitative estimate of drug-likeness (QED) is 0.661. The van der Waals surface area contributed by atoms with E-state index >= 15 is 0 Å². The third kappa shape index (κ3) is 4.09. The second-order valence-corrected chi connectivity index (χ2v) is 7.15. The van der Waals surface area contributed by atoms with Crippen molar-refractivity contribution in [3.8, 4) is 11.3 Å². The van der Waals surface area contributed by atoms with Crippen LogP contribution in [0.3, 0.4) is 0 Å². The molecule has 0 unspecified atom stereocenters. The van der Waals surface area contributed by atoms with Gasteiger partial charge in [0.05, 0.1) is 11.3 Å². The first-order valence-corrected chi connectivity index (χ1v) is 10.2. The number of nitrogens with zero attached hydrogens (tertiary/aromatic N) is 2. The molecule has 5 heteroatoms. The molecule has 4 rings (SSSR count).